The molecule has 216 valence electrons. The summed E-state index contributed by atoms with van der Waals surface area (Å²) in [6.45, 7) is 3.03. The van der Waals surface area contributed by atoms with Gasteiger partial charge in [-0.25, -0.2) is 9.78 Å². The van der Waals surface area contributed by atoms with Gasteiger partial charge >= 0.3 is 13.7 Å². The first kappa shape index (κ1) is 29.5. The molecule has 0 unspecified atom stereocenters. The standard InChI is InChI=1S/C27H36N5O7P/c1-2-3-15-39-27(35)32-13-11-31(12-14-32)26(34)24(18-40(36,37)38)30-25(33)23-17-21(28-20-9-10-20)16-22(29-23)19-7-5-4-6-8-19/h4-8,16-17,20,24H,2-3,9-15,18H2,1H3,(H,28,29)(H,30,33)(H2,36,37,38)/t24-/m0/s1. The molecular formula is C27H36N5O7P. The zero-order chi connectivity index (χ0) is 28.7. The van der Waals surface area contributed by atoms with Crippen LogP contribution in [0.15, 0.2) is 42.5 Å². The van der Waals surface area contributed by atoms with Gasteiger partial charge in [0.25, 0.3) is 5.91 Å². The molecule has 2 aromatic rings. The van der Waals surface area contributed by atoms with Gasteiger partial charge in [-0.1, -0.05) is 43.7 Å². The van der Waals surface area contributed by atoms with Crippen molar-refractivity contribution in [3.05, 3.63) is 48.2 Å². The molecule has 2 heterocycles. The second-order valence-corrected chi connectivity index (χ2v) is 11.8. The van der Waals surface area contributed by atoms with Crippen LogP contribution < -0.4 is 10.6 Å². The summed E-state index contributed by atoms with van der Waals surface area (Å²) in [6, 6.07) is 11.6. The van der Waals surface area contributed by atoms with E-state index in [-0.39, 0.29) is 31.9 Å². The zero-order valence-corrected chi connectivity index (χ0v) is 23.4. The average Bonchev–Trinajstić information content (AvgIpc) is 3.76. The van der Waals surface area contributed by atoms with Crippen LogP contribution in [0.3, 0.4) is 0 Å². The minimum absolute atomic E-state index is 0.0210. The Balaban J connectivity index is 1.47. The summed E-state index contributed by atoms with van der Waals surface area (Å²) in [5, 5.41) is 5.87. The van der Waals surface area contributed by atoms with Crippen LogP contribution in [0.5, 0.6) is 0 Å². The van der Waals surface area contributed by atoms with E-state index in [1.165, 1.54) is 9.80 Å². The number of carbonyl (C=O) groups is 3. The van der Waals surface area contributed by atoms with Crippen molar-refractivity contribution < 1.29 is 33.5 Å². The first-order valence-electron chi connectivity index (χ1n) is 13.5. The lowest BCUT2D eigenvalue weighted by Crippen LogP contribution is -2.56. The molecule has 1 aliphatic heterocycles. The number of piperazine rings is 1. The minimum Gasteiger partial charge on any atom is -0.449 e. The third-order valence-electron chi connectivity index (χ3n) is 6.67. The third-order valence-corrected chi connectivity index (χ3v) is 7.51. The molecule has 3 amide bonds. The lowest BCUT2D eigenvalue weighted by Gasteiger charge is -2.36. The quantitative estimate of drug-likeness (QED) is 0.234. The van der Waals surface area contributed by atoms with Crippen LogP contribution in [-0.2, 0) is 14.1 Å². The van der Waals surface area contributed by atoms with Crippen LogP contribution >= 0.6 is 7.60 Å². The van der Waals surface area contributed by atoms with Crippen molar-refractivity contribution in [3.63, 3.8) is 0 Å². The maximum atomic E-state index is 13.3. The smallest absolute Gasteiger partial charge is 0.409 e. The monoisotopic (exact) mass is 573 g/mol. The largest absolute Gasteiger partial charge is 0.449 e. The van der Waals surface area contributed by atoms with Gasteiger partial charge in [0.1, 0.15) is 11.7 Å². The molecule has 12 nitrogen and oxygen atoms in total. The SMILES string of the molecule is CCCCOC(=O)N1CCN(C(=O)[C@H](CP(=O)(O)O)NC(=O)c2cc(NC3CC3)cc(-c3ccccc3)n2)CC1. The Morgan fingerprint density at radius 2 is 1.75 bits per heavy atom. The zero-order valence-electron chi connectivity index (χ0n) is 22.5. The number of ether oxygens (including phenoxy) is 1. The molecule has 0 radical (unpaired) electrons. The van der Waals surface area contributed by atoms with Gasteiger partial charge in [0.05, 0.1) is 18.5 Å². The van der Waals surface area contributed by atoms with Gasteiger partial charge in [0, 0.05) is 43.5 Å². The Kier molecular flexibility index (Phi) is 9.78. The van der Waals surface area contributed by atoms with Crippen molar-refractivity contribution >= 4 is 31.2 Å². The molecule has 0 bridgehead atoms. The molecule has 1 atom stereocenters. The molecule has 1 aromatic heterocycles. The first-order valence-corrected chi connectivity index (χ1v) is 15.3. The van der Waals surface area contributed by atoms with E-state index in [0.717, 1.165) is 31.2 Å². The van der Waals surface area contributed by atoms with Crippen molar-refractivity contribution in [2.24, 2.45) is 0 Å². The van der Waals surface area contributed by atoms with E-state index >= 15 is 0 Å². The predicted molar refractivity (Wildman–Crippen MR) is 149 cm³/mol. The highest BCUT2D eigenvalue weighted by Gasteiger charge is 2.35. The Labute approximate surface area is 233 Å². The number of hydrogen-bond donors (Lipinski definition) is 4. The van der Waals surface area contributed by atoms with Crippen molar-refractivity contribution in [3.8, 4) is 11.3 Å². The lowest BCUT2D eigenvalue weighted by atomic mass is 10.1. The van der Waals surface area contributed by atoms with Crippen LogP contribution in [0.2, 0.25) is 0 Å². The van der Waals surface area contributed by atoms with Crippen LogP contribution in [0.4, 0.5) is 10.5 Å². The van der Waals surface area contributed by atoms with Gasteiger partial charge in [-0.3, -0.25) is 14.2 Å². The fraction of sp³-hybridized carbons (Fsp3) is 0.481. The summed E-state index contributed by atoms with van der Waals surface area (Å²) < 4.78 is 17.1. The molecule has 40 heavy (non-hydrogen) atoms. The highest BCUT2D eigenvalue weighted by atomic mass is 31.2. The molecule has 0 spiro atoms. The van der Waals surface area contributed by atoms with Gasteiger partial charge in [-0.15, -0.1) is 0 Å². The number of hydrogen-bond acceptors (Lipinski definition) is 7. The molecule has 2 fully saturated rings. The van der Waals surface area contributed by atoms with Crippen molar-refractivity contribution in [1.82, 2.24) is 20.1 Å². The minimum atomic E-state index is -4.68. The van der Waals surface area contributed by atoms with E-state index in [2.05, 4.69) is 15.6 Å². The Bertz CT molecular complexity index is 1240. The predicted octanol–water partition coefficient (Wildman–Crippen LogP) is 2.68. The van der Waals surface area contributed by atoms with Crippen LogP contribution in [0.25, 0.3) is 11.3 Å². The summed E-state index contributed by atoms with van der Waals surface area (Å²) in [4.78, 5) is 65.6. The van der Waals surface area contributed by atoms with E-state index in [1.807, 2.05) is 43.3 Å². The number of benzene rings is 1. The Hall–Kier alpha value is -3.47. The molecule has 1 aromatic carbocycles. The number of carbonyl (C=O) groups excluding carboxylic acids is 3. The van der Waals surface area contributed by atoms with Crippen LogP contribution in [0.1, 0.15) is 43.1 Å². The summed E-state index contributed by atoms with van der Waals surface area (Å²) in [5.74, 6) is -1.35. The van der Waals surface area contributed by atoms with Gasteiger partial charge in [-0.2, -0.15) is 0 Å². The molecule has 1 saturated carbocycles. The topological polar surface area (TPSA) is 161 Å². The maximum Gasteiger partial charge on any atom is 0.409 e. The number of anilines is 1. The van der Waals surface area contributed by atoms with E-state index in [9.17, 15) is 28.7 Å². The van der Waals surface area contributed by atoms with E-state index < -0.39 is 37.7 Å². The fourth-order valence-corrected chi connectivity index (χ4v) is 5.05. The molecule has 2 aliphatic rings. The fourth-order valence-electron chi connectivity index (χ4n) is 4.33. The first-order chi connectivity index (χ1) is 19.1. The number of amides is 3. The van der Waals surface area contributed by atoms with E-state index in [1.54, 1.807) is 6.07 Å². The number of unbranched alkanes of at least 4 members (excludes halogenated alkanes) is 1. The number of nitrogens with zero attached hydrogens (tertiary/aromatic N) is 3. The number of nitrogens with one attached hydrogen (secondary N) is 2. The summed E-state index contributed by atoms with van der Waals surface area (Å²) in [7, 11) is -4.68. The van der Waals surface area contributed by atoms with Crippen LogP contribution in [-0.4, -0.2) is 93.5 Å². The van der Waals surface area contributed by atoms with Crippen molar-refractivity contribution in [2.45, 2.75) is 44.7 Å². The Morgan fingerprint density at radius 1 is 1.07 bits per heavy atom. The number of pyridine rings is 1. The summed E-state index contributed by atoms with van der Waals surface area (Å²) >= 11 is 0. The molecule has 13 heteroatoms. The molecule has 4 rings (SSSR count). The lowest BCUT2D eigenvalue weighted by molar-refractivity contribution is -0.134. The van der Waals surface area contributed by atoms with Crippen molar-refractivity contribution in [2.75, 3.05) is 44.3 Å². The number of rotatable bonds is 11. The Morgan fingerprint density at radius 3 is 2.38 bits per heavy atom. The molecule has 1 aliphatic carbocycles. The van der Waals surface area contributed by atoms with E-state index in [0.29, 0.717) is 24.0 Å². The maximum absolute atomic E-state index is 13.3. The molecule has 4 N–H and O–H groups in total. The van der Waals surface area contributed by atoms with E-state index in [4.69, 9.17) is 4.74 Å². The van der Waals surface area contributed by atoms with Gasteiger partial charge in [-0.05, 0) is 31.4 Å². The van der Waals surface area contributed by atoms with Crippen LogP contribution in [0, 0.1) is 0 Å². The molecular weight excluding hydrogens is 537 g/mol. The normalized spacial score (nSPS) is 16.3. The highest BCUT2D eigenvalue weighted by molar-refractivity contribution is 7.51. The van der Waals surface area contributed by atoms with Gasteiger partial charge in [0.15, 0.2) is 0 Å². The third kappa shape index (κ3) is 8.51. The average molecular weight is 574 g/mol. The second-order valence-electron chi connectivity index (χ2n) is 10.1. The van der Waals surface area contributed by atoms with Crippen molar-refractivity contribution in [1.29, 1.82) is 0 Å². The van der Waals surface area contributed by atoms with Gasteiger partial charge in [0.2, 0.25) is 5.91 Å². The summed E-state index contributed by atoms with van der Waals surface area (Å²) in [6.07, 6.45) is 2.38. The molecule has 1 saturated heterocycles. The summed E-state index contributed by atoms with van der Waals surface area (Å²) in [5.41, 5.74) is 2.06. The second kappa shape index (κ2) is 13.3. The number of aromatic nitrogens is 1. The van der Waals surface area contributed by atoms with Gasteiger partial charge < -0.3 is 35.0 Å². The highest BCUT2D eigenvalue weighted by Crippen LogP contribution is 2.35.